The fourth-order valence-electron chi connectivity index (χ4n) is 3.01. The van der Waals surface area contributed by atoms with Crippen LogP contribution in [-0.2, 0) is 12.0 Å². The molecule has 0 atom stereocenters. The van der Waals surface area contributed by atoms with E-state index in [9.17, 15) is 5.26 Å². The molecule has 1 N–H and O–H groups in total. The van der Waals surface area contributed by atoms with Crippen LogP contribution in [0.3, 0.4) is 0 Å². The van der Waals surface area contributed by atoms with Gasteiger partial charge in [0.15, 0.2) is 0 Å². The molecule has 4 aromatic rings. The molecular formula is C23H21N7O. The molecule has 1 aromatic carbocycles. The van der Waals surface area contributed by atoms with Crippen molar-refractivity contribution >= 4 is 0 Å². The molecule has 3 heterocycles. The lowest BCUT2D eigenvalue weighted by Crippen LogP contribution is -2.15. The molecule has 8 heteroatoms. The fraction of sp³-hybridized carbons (Fsp3) is 0.217. The van der Waals surface area contributed by atoms with Crippen molar-refractivity contribution in [2.75, 3.05) is 7.05 Å². The third kappa shape index (κ3) is 4.32. The van der Waals surface area contributed by atoms with Crippen molar-refractivity contribution in [3.8, 4) is 40.4 Å². The summed E-state index contributed by atoms with van der Waals surface area (Å²) in [6.07, 6.45) is 4.90. The Kier molecular flexibility index (Phi) is 5.52. The van der Waals surface area contributed by atoms with E-state index in [0.29, 0.717) is 23.0 Å². The van der Waals surface area contributed by atoms with Gasteiger partial charge in [-0.25, -0.2) is 4.98 Å². The quantitative estimate of drug-likeness (QED) is 0.510. The van der Waals surface area contributed by atoms with Gasteiger partial charge in [0.1, 0.15) is 5.69 Å². The smallest absolute Gasteiger partial charge is 0.268 e. The summed E-state index contributed by atoms with van der Waals surface area (Å²) in [5.41, 5.74) is 3.88. The Morgan fingerprint density at radius 3 is 2.48 bits per heavy atom. The van der Waals surface area contributed by atoms with Crippen LogP contribution in [0.4, 0.5) is 0 Å². The van der Waals surface area contributed by atoms with E-state index in [4.69, 9.17) is 4.42 Å². The maximum absolute atomic E-state index is 9.39. The first-order chi connectivity index (χ1) is 15.0. The molecule has 0 aliphatic carbocycles. The molecular weight excluding hydrogens is 390 g/mol. The Morgan fingerprint density at radius 1 is 1.00 bits per heavy atom. The summed E-state index contributed by atoms with van der Waals surface area (Å²) in [5.74, 6) is 0.704. The Bertz CT molecular complexity index is 1240. The zero-order chi connectivity index (χ0) is 21.8. The van der Waals surface area contributed by atoms with Crippen molar-refractivity contribution in [3.63, 3.8) is 0 Å². The molecule has 0 aliphatic heterocycles. The molecule has 3 aromatic heterocycles. The van der Waals surface area contributed by atoms with Crippen LogP contribution in [-0.4, -0.2) is 32.2 Å². The van der Waals surface area contributed by atoms with Gasteiger partial charge in [0.05, 0.1) is 35.3 Å². The largest absolute Gasteiger partial charge is 0.415 e. The maximum atomic E-state index is 9.39. The SMILES string of the molecule is CNCc1ccc(-c2nnc(-c3cncc(-c4ccnc(C(C)(C)C#N)c4)n3)o2)cc1. The number of pyridine rings is 1. The third-order valence-corrected chi connectivity index (χ3v) is 4.84. The summed E-state index contributed by atoms with van der Waals surface area (Å²) in [6.45, 7) is 4.44. The zero-order valence-electron chi connectivity index (χ0n) is 17.5. The average molecular weight is 411 g/mol. The molecule has 0 aliphatic rings. The summed E-state index contributed by atoms with van der Waals surface area (Å²) < 4.78 is 5.85. The van der Waals surface area contributed by atoms with E-state index >= 15 is 0 Å². The lowest BCUT2D eigenvalue weighted by molar-refractivity contribution is 0.582. The van der Waals surface area contributed by atoms with Gasteiger partial charge in [-0.3, -0.25) is 9.97 Å². The molecule has 0 spiro atoms. The topological polar surface area (TPSA) is 113 Å². The van der Waals surface area contributed by atoms with Crippen LogP contribution in [0, 0.1) is 11.3 Å². The number of hydrogen-bond donors (Lipinski definition) is 1. The molecule has 154 valence electrons. The summed E-state index contributed by atoms with van der Waals surface area (Å²) in [4.78, 5) is 13.2. The number of nitrogens with one attached hydrogen (secondary N) is 1. The van der Waals surface area contributed by atoms with Crippen LogP contribution in [0.2, 0.25) is 0 Å². The molecule has 0 unspecified atom stereocenters. The molecule has 4 rings (SSSR count). The highest BCUT2D eigenvalue weighted by atomic mass is 16.4. The van der Waals surface area contributed by atoms with Crippen molar-refractivity contribution in [1.82, 2.24) is 30.5 Å². The minimum absolute atomic E-state index is 0.287. The van der Waals surface area contributed by atoms with Gasteiger partial charge in [-0.15, -0.1) is 10.2 Å². The van der Waals surface area contributed by atoms with E-state index in [2.05, 4.69) is 36.5 Å². The van der Waals surface area contributed by atoms with Crippen LogP contribution >= 0.6 is 0 Å². The molecule has 31 heavy (non-hydrogen) atoms. The summed E-state index contributed by atoms with van der Waals surface area (Å²) in [7, 11) is 1.91. The highest BCUT2D eigenvalue weighted by Gasteiger charge is 2.22. The first kappa shape index (κ1) is 20.3. The second-order valence-corrected chi connectivity index (χ2v) is 7.60. The van der Waals surface area contributed by atoms with Gasteiger partial charge in [0.25, 0.3) is 5.89 Å². The Balaban J connectivity index is 1.63. The average Bonchev–Trinajstić information content (AvgIpc) is 3.30. The number of rotatable bonds is 6. The van der Waals surface area contributed by atoms with E-state index in [1.165, 1.54) is 5.56 Å². The molecule has 0 amide bonds. The minimum atomic E-state index is -0.703. The summed E-state index contributed by atoms with van der Waals surface area (Å²) >= 11 is 0. The molecule has 0 saturated heterocycles. The highest BCUT2D eigenvalue weighted by molar-refractivity contribution is 5.62. The van der Waals surface area contributed by atoms with E-state index in [-0.39, 0.29) is 5.89 Å². The summed E-state index contributed by atoms with van der Waals surface area (Å²) in [6, 6.07) is 13.9. The highest BCUT2D eigenvalue weighted by Crippen LogP contribution is 2.27. The van der Waals surface area contributed by atoms with Crippen LogP contribution in [0.1, 0.15) is 25.1 Å². The van der Waals surface area contributed by atoms with Crippen LogP contribution in [0.15, 0.2) is 59.4 Å². The van der Waals surface area contributed by atoms with Crippen molar-refractivity contribution in [2.45, 2.75) is 25.8 Å². The number of aromatic nitrogens is 5. The predicted octanol–water partition coefficient (Wildman–Crippen LogP) is 3.78. The Labute approximate surface area is 180 Å². The summed E-state index contributed by atoms with van der Waals surface area (Å²) in [5, 5.41) is 20.8. The van der Waals surface area contributed by atoms with Gasteiger partial charge in [0.2, 0.25) is 5.89 Å². The monoisotopic (exact) mass is 411 g/mol. The normalized spacial score (nSPS) is 11.3. The number of benzene rings is 1. The van der Waals surface area contributed by atoms with Gasteiger partial charge < -0.3 is 9.73 Å². The lowest BCUT2D eigenvalue weighted by Gasteiger charge is -2.15. The van der Waals surface area contributed by atoms with E-state index in [1.54, 1.807) is 18.6 Å². The minimum Gasteiger partial charge on any atom is -0.415 e. The lowest BCUT2D eigenvalue weighted by atomic mass is 9.90. The van der Waals surface area contributed by atoms with Gasteiger partial charge in [-0.1, -0.05) is 12.1 Å². The van der Waals surface area contributed by atoms with Crippen molar-refractivity contribution < 1.29 is 4.42 Å². The van der Waals surface area contributed by atoms with Gasteiger partial charge in [0, 0.05) is 23.9 Å². The van der Waals surface area contributed by atoms with Crippen molar-refractivity contribution in [3.05, 3.63) is 66.2 Å². The third-order valence-electron chi connectivity index (χ3n) is 4.84. The second kappa shape index (κ2) is 8.42. The maximum Gasteiger partial charge on any atom is 0.268 e. The zero-order valence-corrected chi connectivity index (χ0v) is 17.5. The Morgan fingerprint density at radius 2 is 1.74 bits per heavy atom. The molecule has 0 fully saturated rings. The van der Waals surface area contributed by atoms with Gasteiger partial charge in [-0.2, -0.15) is 5.26 Å². The van der Waals surface area contributed by atoms with Gasteiger partial charge >= 0.3 is 0 Å². The van der Waals surface area contributed by atoms with Crippen LogP contribution in [0.5, 0.6) is 0 Å². The number of hydrogen-bond acceptors (Lipinski definition) is 8. The standard InChI is InChI=1S/C23H21N7O/c1-23(2,14-24)20-10-17(8-9-27-20)18-12-26-13-19(28-18)22-30-29-21(31-22)16-6-4-15(5-7-16)11-25-3/h4-10,12-13,25H,11H2,1-3H3. The van der Waals surface area contributed by atoms with Crippen molar-refractivity contribution in [2.24, 2.45) is 0 Å². The van der Waals surface area contributed by atoms with E-state index in [1.807, 2.05) is 57.3 Å². The van der Waals surface area contributed by atoms with Crippen LogP contribution < -0.4 is 5.32 Å². The number of nitrogens with zero attached hydrogens (tertiary/aromatic N) is 6. The number of nitriles is 1. The van der Waals surface area contributed by atoms with E-state index in [0.717, 1.165) is 17.7 Å². The Hall–Kier alpha value is -3.96. The molecule has 0 saturated carbocycles. The predicted molar refractivity (Wildman–Crippen MR) is 115 cm³/mol. The fourth-order valence-corrected chi connectivity index (χ4v) is 3.01. The second-order valence-electron chi connectivity index (χ2n) is 7.60. The van der Waals surface area contributed by atoms with Crippen molar-refractivity contribution in [1.29, 1.82) is 5.26 Å². The molecule has 0 radical (unpaired) electrons. The molecule has 8 nitrogen and oxygen atoms in total. The van der Waals surface area contributed by atoms with Crippen LogP contribution in [0.25, 0.3) is 34.3 Å². The first-order valence-electron chi connectivity index (χ1n) is 9.78. The first-order valence-corrected chi connectivity index (χ1v) is 9.78. The van der Waals surface area contributed by atoms with Gasteiger partial charge in [-0.05, 0) is 50.7 Å². The molecule has 0 bridgehead atoms. The van der Waals surface area contributed by atoms with E-state index < -0.39 is 5.41 Å².